The molecule has 0 saturated heterocycles. The lowest BCUT2D eigenvalue weighted by Crippen LogP contribution is -2.51. The van der Waals surface area contributed by atoms with Crippen LogP contribution in [0.4, 0.5) is 0 Å². The van der Waals surface area contributed by atoms with E-state index in [1.54, 1.807) is 0 Å². The Bertz CT molecular complexity index is 458. The summed E-state index contributed by atoms with van der Waals surface area (Å²) in [7, 11) is 0. The molecular formula is C18H31BrOSi. The summed E-state index contributed by atoms with van der Waals surface area (Å²) in [6.07, 6.45) is 0. The van der Waals surface area contributed by atoms with Gasteiger partial charge in [0, 0.05) is 10.1 Å². The second kappa shape index (κ2) is 5.73. The summed E-state index contributed by atoms with van der Waals surface area (Å²) in [5.74, 6) is 0.969. The van der Waals surface area contributed by atoms with Crippen molar-refractivity contribution in [2.75, 3.05) is 0 Å². The van der Waals surface area contributed by atoms with Crippen molar-refractivity contribution < 1.29 is 4.43 Å². The van der Waals surface area contributed by atoms with Gasteiger partial charge in [-0.05, 0) is 23.1 Å². The third kappa shape index (κ3) is 4.13. The zero-order valence-electron chi connectivity index (χ0n) is 15.1. The Hall–Kier alpha value is -0.283. The molecule has 21 heavy (non-hydrogen) atoms. The van der Waals surface area contributed by atoms with E-state index in [4.69, 9.17) is 4.43 Å². The Morgan fingerprint density at radius 2 is 1.14 bits per heavy atom. The van der Waals surface area contributed by atoms with Gasteiger partial charge in [0.2, 0.25) is 0 Å². The van der Waals surface area contributed by atoms with E-state index in [1.807, 2.05) is 0 Å². The largest absolute Gasteiger partial charge is 0.532 e. The molecule has 0 unspecified atom stereocenters. The normalized spacial score (nSPS) is 14.2. The Morgan fingerprint density at radius 3 is 1.43 bits per heavy atom. The predicted octanol–water partition coefficient (Wildman–Crippen LogP) is 6.80. The van der Waals surface area contributed by atoms with Gasteiger partial charge in [0.25, 0.3) is 0 Å². The highest BCUT2D eigenvalue weighted by Gasteiger charge is 2.55. The smallest absolute Gasteiger partial charge is 0.332 e. The van der Waals surface area contributed by atoms with Crippen molar-refractivity contribution in [3.05, 3.63) is 29.8 Å². The Balaban J connectivity index is 3.13. The minimum absolute atomic E-state index is 0.105. The van der Waals surface area contributed by atoms with Crippen molar-refractivity contribution in [2.24, 2.45) is 0 Å². The summed E-state index contributed by atoms with van der Waals surface area (Å²) in [6.45, 7) is 18.2. The van der Waals surface area contributed by atoms with Crippen LogP contribution in [-0.4, -0.2) is 6.94 Å². The van der Waals surface area contributed by atoms with E-state index >= 15 is 0 Å². The molecule has 0 aliphatic heterocycles. The van der Waals surface area contributed by atoms with Gasteiger partial charge in [-0.3, -0.25) is 0 Å². The Kier molecular flexibility index (Phi) is 5.12. The minimum Gasteiger partial charge on any atom is -0.532 e. The van der Waals surface area contributed by atoms with E-state index < -0.39 is 6.94 Å². The van der Waals surface area contributed by atoms with Gasteiger partial charge in [0.05, 0.1) is 0 Å². The van der Waals surface area contributed by atoms with Gasteiger partial charge in [-0.25, -0.2) is 0 Å². The van der Waals surface area contributed by atoms with Crippen molar-refractivity contribution in [3.63, 3.8) is 0 Å². The lowest BCUT2D eigenvalue weighted by atomic mass is 9.87. The van der Waals surface area contributed by atoms with Crippen molar-refractivity contribution in [2.45, 2.75) is 77.8 Å². The Labute approximate surface area is 140 Å². The maximum absolute atomic E-state index is 6.55. The van der Waals surface area contributed by atoms with Crippen molar-refractivity contribution in [3.8, 4) is 5.75 Å². The molecule has 0 aliphatic carbocycles. The molecule has 0 atom stereocenters. The van der Waals surface area contributed by atoms with Crippen LogP contribution in [0.5, 0.6) is 5.75 Å². The molecular weight excluding hydrogens is 340 g/mol. The monoisotopic (exact) mass is 370 g/mol. The molecule has 0 bridgehead atoms. The fraction of sp³-hybridized carbons (Fsp3) is 0.667. The van der Waals surface area contributed by atoms with E-state index in [-0.39, 0.29) is 15.5 Å². The van der Waals surface area contributed by atoms with Crippen LogP contribution in [-0.2, 0) is 5.41 Å². The molecule has 0 saturated carbocycles. The SMILES string of the molecule is CC(C)(C)c1ccc(O[Si](Br)(C(C)(C)C)C(C)(C)C)cc1. The number of hydrogen-bond donors (Lipinski definition) is 0. The van der Waals surface area contributed by atoms with Crippen molar-refractivity contribution >= 4 is 22.2 Å². The molecule has 1 aromatic rings. The number of hydrogen-bond acceptors (Lipinski definition) is 1. The van der Waals surface area contributed by atoms with Gasteiger partial charge in [0.1, 0.15) is 5.75 Å². The lowest BCUT2D eigenvalue weighted by molar-refractivity contribution is 0.453. The van der Waals surface area contributed by atoms with E-state index in [9.17, 15) is 0 Å². The van der Waals surface area contributed by atoms with Crippen LogP contribution in [0.25, 0.3) is 0 Å². The molecule has 0 N–H and O–H groups in total. The molecule has 0 fully saturated rings. The lowest BCUT2D eigenvalue weighted by Gasteiger charge is -2.46. The molecule has 0 aliphatic rings. The zero-order valence-corrected chi connectivity index (χ0v) is 17.7. The van der Waals surface area contributed by atoms with E-state index in [2.05, 4.69) is 102 Å². The van der Waals surface area contributed by atoms with Crippen LogP contribution in [0.2, 0.25) is 10.1 Å². The first-order valence-electron chi connectivity index (χ1n) is 7.67. The highest BCUT2D eigenvalue weighted by molar-refractivity contribution is 9.26. The average molecular weight is 371 g/mol. The first-order chi connectivity index (χ1) is 9.18. The number of benzene rings is 1. The fourth-order valence-electron chi connectivity index (χ4n) is 2.62. The quantitative estimate of drug-likeness (QED) is 0.410. The van der Waals surface area contributed by atoms with E-state index in [1.165, 1.54) is 5.56 Å². The minimum atomic E-state index is -2.14. The first-order valence-corrected chi connectivity index (χ1v) is 11.8. The molecule has 1 aromatic carbocycles. The van der Waals surface area contributed by atoms with Gasteiger partial charge in [0.15, 0.2) is 0 Å². The average Bonchev–Trinajstić information content (AvgIpc) is 2.25. The van der Waals surface area contributed by atoms with Gasteiger partial charge in [-0.15, -0.1) is 0 Å². The van der Waals surface area contributed by atoms with Crippen molar-refractivity contribution in [1.29, 1.82) is 0 Å². The Morgan fingerprint density at radius 1 is 0.762 bits per heavy atom. The first kappa shape index (κ1) is 18.8. The summed E-state index contributed by atoms with van der Waals surface area (Å²) in [6, 6.07) is 8.59. The van der Waals surface area contributed by atoms with Crippen LogP contribution in [0.1, 0.15) is 67.9 Å². The summed E-state index contributed by atoms with van der Waals surface area (Å²) in [4.78, 5) is 0. The second-order valence-electron chi connectivity index (χ2n) is 8.97. The highest BCUT2D eigenvalue weighted by atomic mass is 79.9. The third-order valence-corrected chi connectivity index (χ3v) is 15.9. The summed E-state index contributed by atoms with van der Waals surface area (Å²) < 4.78 is 6.55. The molecule has 0 spiro atoms. The van der Waals surface area contributed by atoms with Gasteiger partial charge < -0.3 is 4.43 Å². The van der Waals surface area contributed by atoms with Crippen molar-refractivity contribution in [1.82, 2.24) is 0 Å². The molecule has 0 radical (unpaired) electrons. The number of rotatable bonds is 2. The van der Waals surface area contributed by atoms with Crippen LogP contribution in [0.15, 0.2) is 24.3 Å². The van der Waals surface area contributed by atoms with E-state index in [0.29, 0.717) is 0 Å². The molecule has 3 heteroatoms. The molecule has 1 nitrogen and oxygen atoms in total. The van der Waals surface area contributed by atoms with Crippen LogP contribution < -0.4 is 4.43 Å². The summed E-state index contributed by atoms with van der Waals surface area (Å²) in [5, 5.41) is 0.210. The predicted molar refractivity (Wildman–Crippen MR) is 99.9 cm³/mol. The van der Waals surface area contributed by atoms with Gasteiger partial charge in [-0.1, -0.05) is 89.7 Å². The molecule has 0 heterocycles. The molecule has 120 valence electrons. The summed E-state index contributed by atoms with van der Waals surface area (Å²) >= 11 is 4.04. The van der Waals surface area contributed by atoms with Gasteiger partial charge >= 0.3 is 6.94 Å². The zero-order chi connectivity index (χ0) is 16.7. The molecule has 0 amide bonds. The maximum atomic E-state index is 6.55. The number of halogens is 1. The van der Waals surface area contributed by atoms with Crippen LogP contribution in [0, 0.1) is 0 Å². The fourth-order valence-corrected chi connectivity index (χ4v) is 6.50. The molecule has 0 aromatic heterocycles. The van der Waals surface area contributed by atoms with Crippen LogP contribution in [0.3, 0.4) is 0 Å². The van der Waals surface area contributed by atoms with E-state index in [0.717, 1.165) is 5.75 Å². The third-order valence-electron chi connectivity index (χ3n) is 3.91. The van der Waals surface area contributed by atoms with Gasteiger partial charge in [-0.2, -0.15) is 0 Å². The summed E-state index contributed by atoms with van der Waals surface area (Å²) in [5.41, 5.74) is 1.51. The topological polar surface area (TPSA) is 9.23 Å². The maximum Gasteiger partial charge on any atom is 0.332 e. The highest BCUT2D eigenvalue weighted by Crippen LogP contribution is 2.55. The standard InChI is InChI=1S/C18H31BrOSi/c1-16(2,3)14-10-12-15(13-11-14)20-21(19,17(4,5)6)18(7,8)9/h10-13H,1-9H3. The molecule has 1 rings (SSSR count). The van der Waals surface area contributed by atoms with Crippen LogP contribution >= 0.6 is 15.3 Å². The second-order valence-corrected chi connectivity index (χ2v) is 16.7.